The molecule has 0 aliphatic heterocycles. The van der Waals surface area contributed by atoms with Gasteiger partial charge in [0.25, 0.3) is 5.56 Å². The summed E-state index contributed by atoms with van der Waals surface area (Å²) in [6.07, 6.45) is 1.72. The summed E-state index contributed by atoms with van der Waals surface area (Å²) in [6, 6.07) is 7.65. The fourth-order valence-electron chi connectivity index (χ4n) is 2.46. The normalized spacial score (nSPS) is 11.3. The molecule has 5 nitrogen and oxygen atoms in total. The molecule has 2 aromatic heterocycles. The number of hydrogen-bond donors (Lipinski definition) is 1. The molecule has 20 heavy (non-hydrogen) atoms. The smallest absolute Gasteiger partial charge is 0.263 e. The monoisotopic (exact) mass is 268 g/mol. The average Bonchev–Trinajstić information content (AvgIpc) is 2.45. The van der Waals surface area contributed by atoms with E-state index in [2.05, 4.69) is 16.9 Å². The van der Waals surface area contributed by atoms with Gasteiger partial charge in [-0.2, -0.15) is 0 Å². The van der Waals surface area contributed by atoms with Crippen LogP contribution in [0.5, 0.6) is 0 Å². The first-order chi connectivity index (χ1) is 9.63. The molecule has 0 atom stereocenters. The Hall–Kier alpha value is -2.43. The molecule has 0 spiro atoms. The van der Waals surface area contributed by atoms with Crippen LogP contribution in [0.1, 0.15) is 19.0 Å². The molecule has 0 aliphatic carbocycles. The maximum Gasteiger partial charge on any atom is 0.263 e. The molecular weight excluding hydrogens is 252 g/mol. The number of aromatic nitrogens is 3. The lowest BCUT2D eigenvalue weighted by molar-refractivity contribution is 0.852. The van der Waals surface area contributed by atoms with E-state index in [9.17, 15) is 4.79 Å². The molecule has 0 saturated carbocycles. The van der Waals surface area contributed by atoms with Crippen LogP contribution in [0.2, 0.25) is 0 Å². The van der Waals surface area contributed by atoms with E-state index in [0.717, 1.165) is 29.4 Å². The first kappa shape index (κ1) is 12.6. The predicted molar refractivity (Wildman–Crippen MR) is 80.7 cm³/mol. The highest BCUT2D eigenvalue weighted by molar-refractivity contribution is 6.04. The Morgan fingerprint density at radius 2 is 2.00 bits per heavy atom. The molecule has 0 radical (unpaired) electrons. The van der Waals surface area contributed by atoms with E-state index in [4.69, 9.17) is 5.73 Å². The zero-order valence-corrected chi connectivity index (χ0v) is 11.6. The number of hydrogen-bond acceptors (Lipinski definition) is 4. The minimum atomic E-state index is -0.122. The van der Waals surface area contributed by atoms with Crippen LogP contribution < -0.4 is 11.3 Å². The van der Waals surface area contributed by atoms with Crippen molar-refractivity contribution in [1.82, 2.24) is 14.5 Å². The van der Waals surface area contributed by atoms with Crippen LogP contribution >= 0.6 is 0 Å². The van der Waals surface area contributed by atoms with E-state index >= 15 is 0 Å². The lowest BCUT2D eigenvalue weighted by Crippen LogP contribution is -2.22. The Balaban J connectivity index is 2.59. The summed E-state index contributed by atoms with van der Waals surface area (Å²) < 4.78 is 1.38. The Labute approximate surface area is 116 Å². The summed E-state index contributed by atoms with van der Waals surface area (Å²) in [7, 11) is 1.64. The van der Waals surface area contributed by atoms with Gasteiger partial charge in [0.15, 0.2) is 0 Å². The van der Waals surface area contributed by atoms with E-state index in [1.807, 2.05) is 24.3 Å². The lowest BCUT2D eigenvalue weighted by Gasteiger charge is -2.10. The summed E-state index contributed by atoms with van der Waals surface area (Å²) in [5, 5.41) is 1.44. The van der Waals surface area contributed by atoms with Gasteiger partial charge in [0.1, 0.15) is 5.52 Å². The van der Waals surface area contributed by atoms with E-state index < -0.39 is 0 Å². The number of nitrogens with two attached hydrogens (primary N) is 1. The fraction of sp³-hybridized carbons (Fsp3) is 0.267. The third-order valence-electron chi connectivity index (χ3n) is 3.51. The summed E-state index contributed by atoms with van der Waals surface area (Å²) in [4.78, 5) is 21.6. The molecule has 1 aromatic carbocycles. The van der Waals surface area contributed by atoms with E-state index in [0.29, 0.717) is 10.9 Å². The summed E-state index contributed by atoms with van der Waals surface area (Å²) in [5.41, 5.74) is 7.99. The van der Waals surface area contributed by atoms with Crippen molar-refractivity contribution in [2.24, 2.45) is 7.05 Å². The summed E-state index contributed by atoms with van der Waals surface area (Å²) in [5.74, 6) is 0.219. The lowest BCUT2D eigenvalue weighted by atomic mass is 10.1. The minimum Gasteiger partial charge on any atom is -0.369 e. The zero-order chi connectivity index (χ0) is 14.3. The number of nitrogens with zero attached hydrogens (tertiary/aromatic N) is 3. The number of anilines is 1. The molecule has 3 rings (SSSR count). The molecule has 2 heterocycles. The van der Waals surface area contributed by atoms with Crippen LogP contribution in [0, 0.1) is 0 Å². The SMILES string of the molecule is CCCc1nc2ccccc2c2c(=O)n(C)c(N)nc12. The number of benzene rings is 1. The van der Waals surface area contributed by atoms with E-state index in [1.54, 1.807) is 7.05 Å². The van der Waals surface area contributed by atoms with Crippen molar-refractivity contribution >= 4 is 27.8 Å². The third-order valence-corrected chi connectivity index (χ3v) is 3.51. The van der Waals surface area contributed by atoms with E-state index in [-0.39, 0.29) is 11.5 Å². The van der Waals surface area contributed by atoms with Gasteiger partial charge < -0.3 is 5.73 Å². The molecule has 0 aliphatic rings. The molecule has 0 amide bonds. The highest BCUT2D eigenvalue weighted by atomic mass is 16.1. The van der Waals surface area contributed by atoms with E-state index in [1.165, 1.54) is 4.57 Å². The maximum absolute atomic E-state index is 12.5. The number of pyridine rings is 1. The molecular formula is C15H16N4O. The van der Waals surface area contributed by atoms with Crippen LogP contribution in [0.15, 0.2) is 29.1 Å². The number of rotatable bonds is 2. The number of aryl methyl sites for hydroxylation is 1. The van der Waals surface area contributed by atoms with Gasteiger partial charge in [0.05, 0.1) is 16.6 Å². The minimum absolute atomic E-state index is 0.122. The second kappa shape index (κ2) is 4.59. The second-order valence-corrected chi connectivity index (χ2v) is 4.88. The van der Waals surface area contributed by atoms with Crippen molar-refractivity contribution in [1.29, 1.82) is 0 Å². The average molecular weight is 268 g/mol. The molecule has 0 saturated heterocycles. The molecule has 3 aromatic rings. The quantitative estimate of drug-likeness (QED) is 0.721. The van der Waals surface area contributed by atoms with Gasteiger partial charge in [-0.1, -0.05) is 31.5 Å². The van der Waals surface area contributed by atoms with Crippen molar-refractivity contribution < 1.29 is 0 Å². The Morgan fingerprint density at radius 3 is 2.75 bits per heavy atom. The van der Waals surface area contributed by atoms with Crippen LogP contribution in [0.3, 0.4) is 0 Å². The van der Waals surface area contributed by atoms with Crippen LogP contribution in [-0.4, -0.2) is 14.5 Å². The largest absolute Gasteiger partial charge is 0.369 e. The molecule has 0 unspecified atom stereocenters. The summed E-state index contributed by atoms with van der Waals surface area (Å²) >= 11 is 0. The first-order valence-electron chi connectivity index (χ1n) is 6.67. The van der Waals surface area contributed by atoms with Crippen molar-refractivity contribution in [3.05, 3.63) is 40.3 Å². The second-order valence-electron chi connectivity index (χ2n) is 4.88. The van der Waals surface area contributed by atoms with Gasteiger partial charge >= 0.3 is 0 Å². The highest BCUT2D eigenvalue weighted by Gasteiger charge is 2.14. The van der Waals surface area contributed by atoms with Crippen molar-refractivity contribution in [3.8, 4) is 0 Å². The van der Waals surface area contributed by atoms with Gasteiger partial charge in [-0.25, -0.2) is 4.98 Å². The van der Waals surface area contributed by atoms with Gasteiger partial charge in [-0.15, -0.1) is 0 Å². The van der Waals surface area contributed by atoms with Crippen molar-refractivity contribution in [2.75, 3.05) is 5.73 Å². The Bertz CT molecular complexity index is 867. The topological polar surface area (TPSA) is 73.8 Å². The van der Waals surface area contributed by atoms with Gasteiger partial charge in [-0.3, -0.25) is 14.3 Å². The number of nitrogen functional groups attached to an aromatic ring is 1. The molecule has 2 N–H and O–H groups in total. The van der Waals surface area contributed by atoms with Gasteiger partial charge in [0, 0.05) is 12.4 Å². The Kier molecular flexibility index (Phi) is 2.89. The van der Waals surface area contributed by atoms with Crippen molar-refractivity contribution in [3.63, 3.8) is 0 Å². The predicted octanol–water partition coefficient (Wildman–Crippen LogP) is 2.02. The fourth-order valence-corrected chi connectivity index (χ4v) is 2.46. The summed E-state index contributed by atoms with van der Waals surface area (Å²) in [6.45, 7) is 2.08. The van der Waals surface area contributed by atoms with Gasteiger partial charge in [0.2, 0.25) is 5.95 Å². The van der Waals surface area contributed by atoms with Crippen LogP contribution in [0.4, 0.5) is 5.95 Å². The van der Waals surface area contributed by atoms with Crippen molar-refractivity contribution in [2.45, 2.75) is 19.8 Å². The molecule has 0 bridgehead atoms. The maximum atomic E-state index is 12.5. The first-order valence-corrected chi connectivity index (χ1v) is 6.67. The highest BCUT2D eigenvalue weighted by Crippen LogP contribution is 2.23. The zero-order valence-electron chi connectivity index (χ0n) is 11.6. The third kappa shape index (κ3) is 1.74. The van der Waals surface area contributed by atoms with Crippen LogP contribution in [-0.2, 0) is 13.5 Å². The number of para-hydroxylation sites is 1. The molecule has 5 heteroatoms. The molecule has 0 fully saturated rings. The van der Waals surface area contributed by atoms with Crippen LogP contribution in [0.25, 0.3) is 21.8 Å². The Morgan fingerprint density at radius 1 is 1.25 bits per heavy atom. The molecule has 102 valence electrons. The van der Waals surface area contributed by atoms with Gasteiger partial charge in [-0.05, 0) is 12.5 Å². The number of fused-ring (bicyclic) bond motifs is 3. The standard InChI is InChI=1S/C15H16N4O/c1-3-6-11-13-12(14(20)19(2)15(16)18-13)9-7-4-5-8-10(9)17-11/h4-5,7-8H,3,6H2,1-2H3,(H2,16,18).